The van der Waals surface area contributed by atoms with E-state index in [1.807, 2.05) is 14.1 Å². The van der Waals surface area contributed by atoms with Crippen LogP contribution in [-0.2, 0) is 0 Å². The maximum Gasteiger partial charge on any atom is 0.169 e. The number of nitrogens with zero attached hydrogens (tertiary/aromatic N) is 1. The van der Waals surface area contributed by atoms with Gasteiger partial charge >= 0.3 is 0 Å². The fourth-order valence-electron chi connectivity index (χ4n) is 1.54. The van der Waals surface area contributed by atoms with Gasteiger partial charge in [0.25, 0.3) is 0 Å². The number of nitrogens with one attached hydrogen (secondary N) is 1. The molecule has 0 atom stereocenters. The van der Waals surface area contributed by atoms with Crippen molar-refractivity contribution in [3.63, 3.8) is 0 Å². The molecule has 0 amide bonds. The summed E-state index contributed by atoms with van der Waals surface area (Å²) in [5.41, 5.74) is 0. The lowest BCUT2D eigenvalue weighted by molar-refractivity contribution is 0.294. The number of hydrogen-bond acceptors (Lipinski definition) is 3. The molecule has 0 aliphatic rings. The number of rotatable bonds is 8. The average Bonchev–Trinajstić information content (AvgIpc) is 2.30. The predicted molar refractivity (Wildman–Crippen MR) is 75.6 cm³/mol. The van der Waals surface area contributed by atoms with E-state index in [9.17, 15) is 8.78 Å². The van der Waals surface area contributed by atoms with Gasteiger partial charge in [0, 0.05) is 12.6 Å². The first-order valence-corrected chi connectivity index (χ1v) is 6.93. The van der Waals surface area contributed by atoms with Crippen molar-refractivity contribution in [3.05, 3.63) is 28.2 Å². The Morgan fingerprint density at radius 3 is 2.63 bits per heavy atom. The molecule has 108 valence electrons. The first kappa shape index (κ1) is 16.3. The SMILES string of the molecule is CN(C)CCCNCCOc1c(F)cc(F)cc1Br. The van der Waals surface area contributed by atoms with Crippen LogP contribution < -0.4 is 10.1 Å². The molecule has 0 spiro atoms. The van der Waals surface area contributed by atoms with Crippen LogP contribution in [0.1, 0.15) is 6.42 Å². The Hall–Kier alpha value is -0.720. The lowest BCUT2D eigenvalue weighted by Gasteiger charge is -2.11. The fraction of sp³-hybridized carbons (Fsp3) is 0.538. The molecule has 0 heterocycles. The zero-order valence-electron chi connectivity index (χ0n) is 11.2. The minimum atomic E-state index is -0.695. The molecule has 19 heavy (non-hydrogen) atoms. The molecule has 0 radical (unpaired) electrons. The van der Waals surface area contributed by atoms with E-state index in [-0.39, 0.29) is 10.2 Å². The molecule has 1 rings (SSSR count). The minimum Gasteiger partial charge on any atom is -0.488 e. The Balaban J connectivity index is 2.23. The zero-order valence-corrected chi connectivity index (χ0v) is 12.8. The van der Waals surface area contributed by atoms with Crippen LogP contribution in [0, 0.1) is 11.6 Å². The topological polar surface area (TPSA) is 24.5 Å². The Labute approximate surface area is 121 Å². The molecular formula is C13H19BrF2N2O. The van der Waals surface area contributed by atoms with Crippen LogP contribution in [0.2, 0.25) is 0 Å². The Bertz CT molecular complexity index is 379. The molecule has 0 fully saturated rings. The molecule has 1 N–H and O–H groups in total. The van der Waals surface area contributed by atoms with Crippen LogP contribution in [-0.4, -0.2) is 45.2 Å². The first-order chi connectivity index (χ1) is 9.00. The van der Waals surface area contributed by atoms with E-state index in [4.69, 9.17) is 4.74 Å². The maximum atomic E-state index is 13.4. The molecule has 1 aromatic carbocycles. The van der Waals surface area contributed by atoms with Gasteiger partial charge in [-0.25, -0.2) is 8.78 Å². The second-order valence-electron chi connectivity index (χ2n) is 4.45. The highest BCUT2D eigenvalue weighted by Crippen LogP contribution is 2.28. The molecule has 0 aliphatic carbocycles. The van der Waals surface area contributed by atoms with E-state index in [1.165, 1.54) is 6.07 Å². The van der Waals surface area contributed by atoms with E-state index in [2.05, 4.69) is 26.1 Å². The molecular weight excluding hydrogens is 318 g/mol. The van der Waals surface area contributed by atoms with Gasteiger partial charge in [0.15, 0.2) is 11.6 Å². The summed E-state index contributed by atoms with van der Waals surface area (Å²) in [6.07, 6.45) is 1.04. The van der Waals surface area contributed by atoms with Crippen molar-refractivity contribution in [2.75, 3.05) is 40.3 Å². The van der Waals surface area contributed by atoms with E-state index in [0.29, 0.717) is 13.2 Å². The summed E-state index contributed by atoms with van der Waals surface area (Å²) >= 11 is 3.08. The van der Waals surface area contributed by atoms with Gasteiger partial charge in [-0.2, -0.15) is 0 Å². The highest BCUT2D eigenvalue weighted by atomic mass is 79.9. The predicted octanol–water partition coefficient (Wildman–Crippen LogP) is 2.65. The van der Waals surface area contributed by atoms with Gasteiger partial charge in [0.1, 0.15) is 12.4 Å². The Morgan fingerprint density at radius 1 is 1.26 bits per heavy atom. The van der Waals surface area contributed by atoms with E-state index >= 15 is 0 Å². The normalized spacial score (nSPS) is 11.1. The van der Waals surface area contributed by atoms with Crippen molar-refractivity contribution >= 4 is 15.9 Å². The van der Waals surface area contributed by atoms with Crippen molar-refractivity contribution in [1.29, 1.82) is 0 Å². The summed E-state index contributed by atoms with van der Waals surface area (Å²) in [4.78, 5) is 2.11. The molecule has 6 heteroatoms. The van der Waals surface area contributed by atoms with E-state index < -0.39 is 11.6 Å². The minimum absolute atomic E-state index is 0.0523. The Kier molecular flexibility index (Phi) is 7.27. The van der Waals surface area contributed by atoms with Gasteiger partial charge in [-0.1, -0.05) is 0 Å². The van der Waals surface area contributed by atoms with Crippen molar-refractivity contribution in [3.8, 4) is 5.75 Å². The van der Waals surface area contributed by atoms with Crippen molar-refractivity contribution in [2.24, 2.45) is 0 Å². The van der Waals surface area contributed by atoms with Crippen molar-refractivity contribution in [2.45, 2.75) is 6.42 Å². The molecule has 0 aromatic heterocycles. The molecule has 3 nitrogen and oxygen atoms in total. The molecule has 0 saturated heterocycles. The summed E-state index contributed by atoms with van der Waals surface area (Å²) in [6, 6.07) is 1.99. The maximum absolute atomic E-state index is 13.4. The van der Waals surface area contributed by atoms with E-state index in [1.54, 1.807) is 0 Å². The average molecular weight is 337 g/mol. The quantitative estimate of drug-likeness (QED) is 0.738. The van der Waals surface area contributed by atoms with Crippen LogP contribution in [0.25, 0.3) is 0 Å². The van der Waals surface area contributed by atoms with E-state index in [0.717, 1.165) is 25.6 Å². The third-order valence-corrected chi connectivity index (χ3v) is 3.04. The lowest BCUT2D eigenvalue weighted by atomic mass is 10.3. The molecule has 0 bridgehead atoms. The van der Waals surface area contributed by atoms with Crippen LogP contribution in [0.4, 0.5) is 8.78 Å². The van der Waals surface area contributed by atoms with Crippen LogP contribution in [0.5, 0.6) is 5.75 Å². The van der Waals surface area contributed by atoms with Gasteiger partial charge in [0.05, 0.1) is 4.47 Å². The third kappa shape index (κ3) is 6.31. The lowest BCUT2D eigenvalue weighted by Crippen LogP contribution is -2.25. The summed E-state index contributed by atoms with van der Waals surface area (Å²) < 4.78 is 31.8. The molecule has 1 aromatic rings. The second kappa shape index (κ2) is 8.45. The summed E-state index contributed by atoms with van der Waals surface area (Å²) in [5.74, 6) is -1.27. The highest BCUT2D eigenvalue weighted by Gasteiger charge is 2.10. The van der Waals surface area contributed by atoms with Gasteiger partial charge < -0.3 is 15.0 Å². The number of halogens is 3. The first-order valence-electron chi connectivity index (χ1n) is 6.13. The van der Waals surface area contributed by atoms with Crippen molar-refractivity contribution in [1.82, 2.24) is 10.2 Å². The summed E-state index contributed by atoms with van der Waals surface area (Å²) in [5, 5.41) is 3.20. The largest absolute Gasteiger partial charge is 0.488 e. The van der Waals surface area contributed by atoms with Gasteiger partial charge in [-0.05, 0) is 55.6 Å². The molecule has 0 unspecified atom stereocenters. The zero-order chi connectivity index (χ0) is 14.3. The van der Waals surface area contributed by atoms with Gasteiger partial charge in [-0.15, -0.1) is 0 Å². The number of hydrogen-bond donors (Lipinski definition) is 1. The van der Waals surface area contributed by atoms with Crippen LogP contribution in [0.15, 0.2) is 16.6 Å². The third-order valence-electron chi connectivity index (χ3n) is 2.45. The summed E-state index contributed by atoms with van der Waals surface area (Å²) in [6.45, 7) is 2.86. The molecule has 0 saturated carbocycles. The number of ether oxygens (including phenoxy) is 1. The number of benzene rings is 1. The highest BCUT2D eigenvalue weighted by molar-refractivity contribution is 9.10. The monoisotopic (exact) mass is 336 g/mol. The standard InChI is InChI=1S/C13H19BrF2N2O/c1-18(2)6-3-4-17-5-7-19-13-11(14)8-10(15)9-12(13)16/h8-9,17H,3-7H2,1-2H3. The fourth-order valence-corrected chi connectivity index (χ4v) is 2.06. The second-order valence-corrected chi connectivity index (χ2v) is 5.31. The van der Waals surface area contributed by atoms with Crippen LogP contribution in [0.3, 0.4) is 0 Å². The molecule has 0 aliphatic heterocycles. The van der Waals surface area contributed by atoms with Gasteiger partial charge in [-0.3, -0.25) is 0 Å². The van der Waals surface area contributed by atoms with Crippen LogP contribution >= 0.6 is 15.9 Å². The Morgan fingerprint density at radius 2 is 2.00 bits per heavy atom. The van der Waals surface area contributed by atoms with Crippen molar-refractivity contribution < 1.29 is 13.5 Å². The van der Waals surface area contributed by atoms with Gasteiger partial charge in [0.2, 0.25) is 0 Å². The summed E-state index contributed by atoms with van der Waals surface area (Å²) in [7, 11) is 4.05. The smallest absolute Gasteiger partial charge is 0.169 e.